The average Bonchev–Trinajstić information content (AvgIpc) is 3.12. The summed E-state index contributed by atoms with van der Waals surface area (Å²) in [7, 11) is 0. The number of benzene rings is 2. The second kappa shape index (κ2) is 8.58. The van der Waals surface area contributed by atoms with E-state index in [0.29, 0.717) is 29.7 Å². The van der Waals surface area contributed by atoms with Gasteiger partial charge in [-0.25, -0.2) is 9.78 Å². The Hall–Kier alpha value is -4.07. The molecule has 1 atom stereocenters. The molecule has 0 saturated carbocycles. The van der Waals surface area contributed by atoms with Crippen molar-refractivity contribution in [1.82, 2.24) is 9.88 Å². The van der Waals surface area contributed by atoms with Crippen molar-refractivity contribution in [2.24, 2.45) is 0 Å². The number of hydrogen-bond acceptors (Lipinski definition) is 6. The number of rotatable bonds is 6. The molecule has 3 amide bonds. The number of hydrogen-bond donors (Lipinski definition) is 0. The van der Waals surface area contributed by atoms with E-state index >= 15 is 0 Å². The molecule has 8 heteroatoms. The molecule has 2 aliphatic rings. The zero-order chi connectivity index (χ0) is 21.9. The first-order valence-electron chi connectivity index (χ1n) is 10.3. The number of fused-ring (bicyclic) bond motifs is 1. The van der Waals surface area contributed by atoms with E-state index in [1.165, 1.54) is 9.80 Å². The van der Waals surface area contributed by atoms with E-state index in [1.54, 1.807) is 36.5 Å². The smallest absolute Gasteiger partial charge is 0.333 e. The minimum absolute atomic E-state index is 0.0442. The van der Waals surface area contributed by atoms with E-state index in [1.807, 2.05) is 36.4 Å². The third-order valence-electron chi connectivity index (χ3n) is 5.25. The Morgan fingerprint density at radius 2 is 1.84 bits per heavy atom. The number of imide groups is 1. The van der Waals surface area contributed by atoms with E-state index in [-0.39, 0.29) is 25.6 Å². The number of carbonyl (C=O) groups is 2. The summed E-state index contributed by atoms with van der Waals surface area (Å²) in [5.41, 5.74) is 1.06. The minimum atomic E-state index is -0.483. The highest BCUT2D eigenvalue weighted by atomic mass is 16.6. The summed E-state index contributed by atoms with van der Waals surface area (Å²) in [5, 5.41) is 0. The van der Waals surface area contributed by atoms with Crippen molar-refractivity contribution in [3.63, 3.8) is 0 Å². The lowest BCUT2D eigenvalue weighted by atomic mass is 10.2. The molecule has 1 aromatic heterocycles. The normalized spacial score (nSPS) is 17.6. The summed E-state index contributed by atoms with van der Waals surface area (Å²) in [6, 6.07) is 20.1. The second-order valence-corrected chi connectivity index (χ2v) is 7.49. The van der Waals surface area contributed by atoms with Crippen molar-refractivity contribution < 1.29 is 23.8 Å². The van der Waals surface area contributed by atoms with E-state index in [2.05, 4.69) is 4.98 Å². The molecule has 0 unspecified atom stereocenters. The number of amides is 3. The van der Waals surface area contributed by atoms with Gasteiger partial charge in [0.15, 0.2) is 17.6 Å². The number of urea groups is 1. The first-order chi connectivity index (χ1) is 15.7. The monoisotopic (exact) mass is 431 g/mol. The van der Waals surface area contributed by atoms with Crippen LogP contribution in [-0.4, -0.2) is 47.6 Å². The highest BCUT2D eigenvalue weighted by Crippen LogP contribution is 2.35. The fourth-order valence-corrected chi connectivity index (χ4v) is 3.63. The maximum Gasteiger partial charge on any atom is 0.333 e. The van der Waals surface area contributed by atoms with Gasteiger partial charge in [0.2, 0.25) is 0 Å². The van der Waals surface area contributed by atoms with Crippen LogP contribution >= 0.6 is 0 Å². The number of carbonyl (C=O) groups excluding carboxylic acids is 2. The summed E-state index contributed by atoms with van der Waals surface area (Å²) < 4.78 is 17.7. The molecule has 162 valence electrons. The lowest BCUT2D eigenvalue weighted by Gasteiger charge is -2.29. The second-order valence-electron chi connectivity index (χ2n) is 7.49. The number of aromatic nitrogens is 1. The van der Waals surface area contributed by atoms with Gasteiger partial charge in [-0.3, -0.25) is 14.6 Å². The van der Waals surface area contributed by atoms with Crippen LogP contribution in [-0.2, 0) is 11.4 Å². The van der Waals surface area contributed by atoms with Crippen LogP contribution in [0, 0.1) is 0 Å². The van der Waals surface area contributed by atoms with Crippen molar-refractivity contribution in [2.45, 2.75) is 12.7 Å². The molecular weight excluding hydrogens is 410 g/mol. The van der Waals surface area contributed by atoms with Gasteiger partial charge in [0.25, 0.3) is 5.91 Å². The van der Waals surface area contributed by atoms with Crippen molar-refractivity contribution in [1.29, 1.82) is 0 Å². The van der Waals surface area contributed by atoms with Crippen LogP contribution in [0.25, 0.3) is 0 Å². The zero-order valence-corrected chi connectivity index (χ0v) is 17.2. The molecule has 0 N–H and O–H groups in total. The van der Waals surface area contributed by atoms with E-state index < -0.39 is 12.1 Å². The summed E-state index contributed by atoms with van der Waals surface area (Å²) >= 11 is 0. The molecule has 3 aromatic rings. The Balaban J connectivity index is 1.24. The van der Waals surface area contributed by atoms with Crippen LogP contribution in [0.3, 0.4) is 0 Å². The molecule has 0 bridgehead atoms. The van der Waals surface area contributed by atoms with Crippen molar-refractivity contribution in [2.75, 3.05) is 24.6 Å². The summed E-state index contributed by atoms with van der Waals surface area (Å²) in [4.78, 5) is 32.0. The predicted molar refractivity (Wildman–Crippen MR) is 116 cm³/mol. The first-order valence-corrected chi connectivity index (χ1v) is 10.3. The van der Waals surface area contributed by atoms with Gasteiger partial charge in [-0.15, -0.1) is 0 Å². The minimum Gasteiger partial charge on any atom is -0.489 e. The third kappa shape index (κ3) is 4.07. The molecule has 1 saturated heterocycles. The number of nitrogens with zero attached hydrogens (tertiary/aromatic N) is 3. The van der Waals surface area contributed by atoms with Gasteiger partial charge in [-0.1, -0.05) is 36.4 Å². The van der Waals surface area contributed by atoms with Crippen LogP contribution in [0.5, 0.6) is 17.2 Å². The Kier molecular flexibility index (Phi) is 5.33. The molecule has 3 heterocycles. The van der Waals surface area contributed by atoms with E-state index in [9.17, 15) is 9.59 Å². The number of ether oxygens (including phenoxy) is 3. The summed E-state index contributed by atoms with van der Waals surface area (Å²) in [6.07, 6.45) is 1.10. The van der Waals surface area contributed by atoms with Crippen molar-refractivity contribution in [3.8, 4) is 17.2 Å². The molecule has 2 aliphatic heterocycles. The lowest BCUT2D eigenvalue weighted by molar-refractivity contribution is -0.126. The molecule has 8 nitrogen and oxygen atoms in total. The van der Waals surface area contributed by atoms with Crippen LogP contribution in [0.2, 0.25) is 0 Å². The predicted octanol–water partition coefficient (Wildman–Crippen LogP) is 3.27. The lowest BCUT2D eigenvalue weighted by Crippen LogP contribution is -2.44. The standard InChI is InChI=1S/C24H21N3O5/c28-23-14-26(22-8-4-5-11-25-22)24(29)27(23)13-19-16-31-20-10-9-18(12-21(20)32-19)30-15-17-6-2-1-3-7-17/h1-12,19H,13-16H2/t19-/m1/s1. The average molecular weight is 431 g/mol. The highest BCUT2D eigenvalue weighted by molar-refractivity contribution is 6.11. The largest absolute Gasteiger partial charge is 0.489 e. The molecule has 5 rings (SSSR count). The SMILES string of the molecule is O=C1CN(c2ccccn2)C(=O)N1C[C@@H]1COc2ccc(OCc3ccccc3)cc2O1. The highest BCUT2D eigenvalue weighted by Gasteiger charge is 2.39. The molecule has 0 aliphatic carbocycles. The van der Waals surface area contributed by atoms with E-state index in [0.717, 1.165) is 5.56 Å². The van der Waals surface area contributed by atoms with Crippen molar-refractivity contribution >= 4 is 17.8 Å². The molecule has 0 spiro atoms. The fourth-order valence-electron chi connectivity index (χ4n) is 3.63. The van der Waals surface area contributed by atoms with Gasteiger partial charge >= 0.3 is 6.03 Å². The third-order valence-corrected chi connectivity index (χ3v) is 5.25. The fraction of sp³-hybridized carbons (Fsp3) is 0.208. The van der Waals surface area contributed by atoms with Crippen LogP contribution < -0.4 is 19.1 Å². The molecule has 0 radical (unpaired) electrons. The molecule has 32 heavy (non-hydrogen) atoms. The maximum absolute atomic E-state index is 12.8. The number of anilines is 1. The van der Waals surface area contributed by atoms with Gasteiger partial charge < -0.3 is 14.2 Å². The zero-order valence-electron chi connectivity index (χ0n) is 17.2. The molecule has 2 aromatic carbocycles. The Morgan fingerprint density at radius 1 is 1.00 bits per heavy atom. The quantitative estimate of drug-likeness (QED) is 0.558. The Labute approximate surface area is 184 Å². The van der Waals surface area contributed by atoms with Crippen LogP contribution in [0.4, 0.5) is 10.6 Å². The van der Waals surface area contributed by atoms with Gasteiger partial charge in [0, 0.05) is 12.3 Å². The summed E-state index contributed by atoms with van der Waals surface area (Å²) in [6.45, 7) is 0.717. The van der Waals surface area contributed by atoms with Gasteiger partial charge in [-0.05, 0) is 29.8 Å². The maximum atomic E-state index is 12.8. The number of pyridine rings is 1. The molecular formula is C24H21N3O5. The first kappa shape index (κ1) is 19.9. The summed E-state index contributed by atoms with van der Waals surface area (Å²) in [5.74, 6) is 1.91. The van der Waals surface area contributed by atoms with Gasteiger partial charge in [0.05, 0.1) is 6.54 Å². The molecule has 1 fully saturated rings. The van der Waals surface area contributed by atoms with Crippen LogP contribution in [0.1, 0.15) is 5.56 Å². The van der Waals surface area contributed by atoms with Crippen molar-refractivity contribution in [3.05, 3.63) is 78.5 Å². The van der Waals surface area contributed by atoms with Gasteiger partial charge in [-0.2, -0.15) is 0 Å². The Bertz CT molecular complexity index is 1120. The van der Waals surface area contributed by atoms with Crippen LogP contribution in [0.15, 0.2) is 72.9 Å². The van der Waals surface area contributed by atoms with Gasteiger partial charge in [0.1, 0.15) is 31.3 Å². The topological polar surface area (TPSA) is 81.2 Å². The van der Waals surface area contributed by atoms with E-state index in [4.69, 9.17) is 14.2 Å². The Morgan fingerprint density at radius 3 is 2.66 bits per heavy atom.